The summed E-state index contributed by atoms with van der Waals surface area (Å²) in [5.74, 6) is 0.706. The molecule has 1 atom stereocenters. The molecule has 110 valence electrons. The van der Waals surface area contributed by atoms with E-state index >= 15 is 0 Å². The highest BCUT2D eigenvalue weighted by atomic mass is 19.1. The maximum atomic E-state index is 13.8. The predicted molar refractivity (Wildman–Crippen MR) is 84.5 cm³/mol. The van der Waals surface area contributed by atoms with E-state index in [0.717, 1.165) is 24.4 Å². The van der Waals surface area contributed by atoms with Crippen LogP contribution in [0.15, 0.2) is 48.5 Å². The molecule has 0 heterocycles. The number of rotatable bonds is 6. The van der Waals surface area contributed by atoms with Crippen molar-refractivity contribution in [1.82, 2.24) is 5.32 Å². The third-order valence-electron chi connectivity index (χ3n) is 4.26. The summed E-state index contributed by atoms with van der Waals surface area (Å²) in [4.78, 5) is 0. The van der Waals surface area contributed by atoms with Crippen LogP contribution < -0.4 is 5.32 Å². The molecule has 0 saturated heterocycles. The van der Waals surface area contributed by atoms with Crippen molar-refractivity contribution in [1.29, 1.82) is 0 Å². The summed E-state index contributed by atoms with van der Waals surface area (Å²) < 4.78 is 13.8. The highest BCUT2D eigenvalue weighted by molar-refractivity contribution is 5.26. The molecular weight excluding hydrogens is 261 g/mol. The molecule has 0 aliphatic heterocycles. The zero-order valence-corrected chi connectivity index (χ0v) is 12.5. The van der Waals surface area contributed by atoms with Crippen molar-refractivity contribution in [2.45, 2.75) is 38.8 Å². The van der Waals surface area contributed by atoms with Gasteiger partial charge in [0.1, 0.15) is 5.82 Å². The monoisotopic (exact) mass is 283 g/mol. The first kappa shape index (κ1) is 14.3. The molecule has 0 amide bonds. The minimum Gasteiger partial charge on any atom is -0.306 e. The van der Waals surface area contributed by atoms with Gasteiger partial charge in [0.2, 0.25) is 0 Å². The summed E-state index contributed by atoms with van der Waals surface area (Å²) in [6.07, 6.45) is 3.74. The van der Waals surface area contributed by atoms with Gasteiger partial charge in [-0.3, -0.25) is 0 Å². The largest absolute Gasteiger partial charge is 0.306 e. The van der Waals surface area contributed by atoms with Crippen LogP contribution in [-0.2, 0) is 6.54 Å². The Morgan fingerprint density at radius 3 is 2.57 bits per heavy atom. The normalized spacial score (nSPS) is 15.9. The van der Waals surface area contributed by atoms with E-state index in [1.165, 1.54) is 18.4 Å². The Balaban J connectivity index is 1.72. The number of benzene rings is 2. The van der Waals surface area contributed by atoms with Crippen molar-refractivity contribution >= 4 is 0 Å². The number of aryl methyl sites for hydroxylation is 1. The molecule has 0 spiro atoms. The van der Waals surface area contributed by atoms with E-state index < -0.39 is 0 Å². The van der Waals surface area contributed by atoms with Gasteiger partial charge in [-0.25, -0.2) is 4.39 Å². The van der Waals surface area contributed by atoms with Crippen LogP contribution in [0.4, 0.5) is 4.39 Å². The average molecular weight is 283 g/mol. The van der Waals surface area contributed by atoms with Crippen LogP contribution in [0.3, 0.4) is 0 Å². The van der Waals surface area contributed by atoms with Gasteiger partial charge in [-0.15, -0.1) is 0 Å². The number of hydrogen-bond acceptors (Lipinski definition) is 1. The number of hydrogen-bond donors (Lipinski definition) is 1. The quantitative estimate of drug-likeness (QED) is 0.805. The molecule has 1 nitrogen and oxygen atoms in total. The molecule has 2 aromatic carbocycles. The van der Waals surface area contributed by atoms with Crippen molar-refractivity contribution in [3.8, 4) is 0 Å². The van der Waals surface area contributed by atoms with Gasteiger partial charge < -0.3 is 5.32 Å². The third kappa shape index (κ3) is 3.92. The van der Waals surface area contributed by atoms with E-state index in [0.29, 0.717) is 5.56 Å². The zero-order chi connectivity index (χ0) is 14.7. The van der Waals surface area contributed by atoms with Gasteiger partial charge in [0, 0.05) is 12.6 Å². The molecule has 1 unspecified atom stereocenters. The van der Waals surface area contributed by atoms with Crippen LogP contribution in [0.2, 0.25) is 0 Å². The molecule has 1 saturated carbocycles. The highest BCUT2D eigenvalue weighted by Crippen LogP contribution is 2.38. The van der Waals surface area contributed by atoms with E-state index in [2.05, 4.69) is 35.6 Å². The van der Waals surface area contributed by atoms with Crippen molar-refractivity contribution in [2.24, 2.45) is 5.92 Å². The molecule has 1 aliphatic carbocycles. The fourth-order valence-electron chi connectivity index (χ4n) is 2.69. The van der Waals surface area contributed by atoms with Gasteiger partial charge in [-0.2, -0.15) is 0 Å². The Kier molecular flexibility index (Phi) is 4.35. The molecule has 2 heteroatoms. The van der Waals surface area contributed by atoms with Gasteiger partial charge in [0.15, 0.2) is 0 Å². The van der Waals surface area contributed by atoms with Crippen molar-refractivity contribution in [3.05, 3.63) is 71.0 Å². The first-order chi connectivity index (χ1) is 10.2. The van der Waals surface area contributed by atoms with E-state index in [-0.39, 0.29) is 11.9 Å². The van der Waals surface area contributed by atoms with Crippen molar-refractivity contribution in [3.63, 3.8) is 0 Å². The minimum absolute atomic E-state index is 0.102. The Hall–Kier alpha value is -1.67. The summed E-state index contributed by atoms with van der Waals surface area (Å²) in [5.41, 5.74) is 3.05. The molecule has 1 N–H and O–H groups in total. The summed E-state index contributed by atoms with van der Waals surface area (Å²) in [7, 11) is 0. The summed E-state index contributed by atoms with van der Waals surface area (Å²) in [6.45, 7) is 2.64. The summed E-state index contributed by atoms with van der Waals surface area (Å²) >= 11 is 0. The van der Waals surface area contributed by atoms with E-state index in [1.807, 2.05) is 19.1 Å². The van der Waals surface area contributed by atoms with Gasteiger partial charge in [0.25, 0.3) is 0 Å². The molecule has 21 heavy (non-hydrogen) atoms. The van der Waals surface area contributed by atoms with Gasteiger partial charge >= 0.3 is 0 Å². The van der Waals surface area contributed by atoms with Gasteiger partial charge in [-0.1, -0.05) is 55.3 Å². The Morgan fingerprint density at radius 2 is 1.90 bits per heavy atom. The molecule has 0 aromatic heterocycles. The van der Waals surface area contributed by atoms with Gasteiger partial charge in [-0.05, 0) is 42.0 Å². The van der Waals surface area contributed by atoms with Crippen LogP contribution >= 0.6 is 0 Å². The highest BCUT2D eigenvalue weighted by Gasteiger charge is 2.26. The molecule has 0 radical (unpaired) electrons. The molecule has 0 bridgehead atoms. The third-order valence-corrected chi connectivity index (χ3v) is 4.26. The first-order valence-electron chi connectivity index (χ1n) is 7.76. The molecule has 3 rings (SSSR count). The smallest absolute Gasteiger partial charge is 0.126 e. The Morgan fingerprint density at radius 1 is 1.14 bits per heavy atom. The Bertz CT molecular complexity index is 590. The fourth-order valence-corrected chi connectivity index (χ4v) is 2.69. The summed E-state index contributed by atoms with van der Waals surface area (Å²) in [5, 5.41) is 3.60. The Labute approximate surface area is 126 Å². The standard InChI is InChI=1S/C19H22FN/c1-14-7-10-17(12-18(14)20)19(11-15-8-9-15)21-13-16-5-3-2-4-6-16/h2-7,10,12,15,19,21H,8-9,11,13H2,1H3. The average Bonchev–Trinajstić information content (AvgIpc) is 3.31. The van der Waals surface area contributed by atoms with Gasteiger partial charge in [0.05, 0.1) is 0 Å². The second-order valence-electron chi connectivity index (χ2n) is 6.11. The second kappa shape index (κ2) is 6.40. The maximum Gasteiger partial charge on any atom is 0.126 e. The predicted octanol–water partition coefficient (Wildman–Crippen LogP) is 4.77. The van der Waals surface area contributed by atoms with Crippen LogP contribution in [-0.4, -0.2) is 0 Å². The second-order valence-corrected chi connectivity index (χ2v) is 6.11. The minimum atomic E-state index is -0.102. The molecule has 1 aliphatic rings. The van der Waals surface area contributed by atoms with Crippen LogP contribution in [0, 0.1) is 18.7 Å². The fraction of sp³-hybridized carbons (Fsp3) is 0.368. The van der Waals surface area contributed by atoms with Crippen molar-refractivity contribution in [2.75, 3.05) is 0 Å². The van der Waals surface area contributed by atoms with E-state index in [9.17, 15) is 4.39 Å². The molecule has 2 aromatic rings. The maximum absolute atomic E-state index is 13.8. The summed E-state index contributed by atoms with van der Waals surface area (Å²) in [6, 6.07) is 16.3. The topological polar surface area (TPSA) is 12.0 Å². The number of halogens is 1. The lowest BCUT2D eigenvalue weighted by molar-refractivity contribution is 0.470. The van der Waals surface area contributed by atoms with E-state index in [4.69, 9.17) is 0 Å². The van der Waals surface area contributed by atoms with Crippen LogP contribution in [0.5, 0.6) is 0 Å². The number of nitrogens with one attached hydrogen (secondary N) is 1. The van der Waals surface area contributed by atoms with E-state index in [1.54, 1.807) is 6.07 Å². The zero-order valence-electron chi connectivity index (χ0n) is 12.5. The lowest BCUT2D eigenvalue weighted by Gasteiger charge is -2.20. The molecular formula is C19H22FN. The van der Waals surface area contributed by atoms with Crippen LogP contribution in [0.25, 0.3) is 0 Å². The van der Waals surface area contributed by atoms with Crippen LogP contribution in [0.1, 0.15) is 42.0 Å². The first-order valence-corrected chi connectivity index (χ1v) is 7.76. The lowest BCUT2D eigenvalue weighted by atomic mass is 9.99. The van der Waals surface area contributed by atoms with Crippen molar-refractivity contribution < 1.29 is 4.39 Å². The SMILES string of the molecule is Cc1ccc(C(CC2CC2)NCc2ccccc2)cc1F. The molecule has 1 fully saturated rings. The lowest BCUT2D eigenvalue weighted by Crippen LogP contribution is -2.21.